The lowest BCUT2D eigenvalue weighted by Crippen LogP contribution is -2.54. The molecule has 1 aliphatic carbocycles. The maximum Gasteiger partial charge on any atom is 0.326 e. The summed E-state index contributed by atoms with van der Waals surface area (Å²) in [5.74, 6) is -0.122. The van der Waals surface area contributed by atoms with E-state index in [1.54, 1.807) is 48.5 Å². The van der Waals surface area contributed by atoms with Crippen molar-refractivity contribution >= 4 is 46.7 Å². The molecule has 2 amide bonds. The molecule has 3 N–H and O–H groups in total. The van der Waals surface area contributed by atoms with Crippen LogP contribution in [0.4, 0.5) is 5.69 Å². The van der Waals surface area contributed by atoms with Crippen LogP contribution in [0.3, 0.4) is 0 Å². The number of ether oxygens (including phenoxy) is 2. The van der Waals surface area contributed by atoms with Gasteiger partial charge in [-0.3, -0.25) is 14.5 Å². The van der Waals surface area contributed by atoms with Crippen molar-refractivity contribution in [1.29, 1.82) is 5.26 Å². The molecular weight excluding hydrogens is 763 g/mol. The summed E-state index contributed by atoms with van der Waals surface area (Å²) in [5, 5.41) is 26.0. The van der Waals surface area contributed by atoms with Gasteiger partial charge in [-0.05, 0) is 107 Å². The summed E-state index contributed by atoms with van der Waals surface area (Å²) in [4.78, 5) is 41.9. The molecule has 288 valence electrons. The molecule has 0 spiro atoms. The molecule has 1 saturated carbocycles. The Morgan fingerprint density at radius 2 is 1.61 bits per heavy atom. The van der Waals surface area contributed by atoms with E-state index in [-0.39, 0.29) is 18.2 Å². The fourth-order valence-corrected chi connectivity index (χ4v) is 7.68. The van der Waals surface area contributed by atoms with Crippen molar-refractivity contribution in [3.8, 4) is 28.7 Å². The zero-order valence-electron chi connectivity index (χ0n) is 30.7. The number of halogens is 2. The summed E-state index contributed by atoms with van der Waals surface area (Å²) in [5.41, 5.74) is 7.19. The van der Waals surface area contributed by atoms with Crippen LogP contribution >= 0.6 is 23.2 Å². The average Bonchev–Trinajstić information content (AvgIpc) is 4.04. The SMILES string of the molecule is N#Cc1ccc(-c2ccc(C[C@H](NC(=O)C3Cc4cc5c(cc4CN3CC3CC3)OC(c3ccc(OCc4ccc(Cl)c(Cl)c4)cc3)C(=O)N5)C(=O)O)cc2)cc1. The van der Waals surface area contributed by atoms with Gasteiger partial charge in [-0.2, -0.15) is 5.26 Å². The van der Waals surface area contributed by atoms with Gasteiger partial charge in [-0.1, -0.05) is 77.8 Å². The summed E-state index contributed by atoms with van der Waals surface area (Å²) >= 11 is 12.2. The molecular formula is C45H38Cl2N4O6. The highest BCUT2D eigenvalue weighted by Crippen LogP contribution is 2.41. The first-order valence-electron chi connectivity index (χ1n) is 18.8. The van der Waals surface area contributed by atoms with Gasteiger partial charge in [0.2, 0.25) is 12.0 Å². The second kappa shape index (κ2) is 16.3. The molecule has 3 atom stereocenters. The number of amides is 2. The van der Waals surface area contributed by atoms with Gasteiger partial charge in [0.1, 0.15) is 24.1 Å². The van der Waals surface area contributed by atoms with Gasteiger partial charge in [0.05, 0.1) is 33.4 Å². The van der Waals surface area contributed by atoms with Gasteiger partial charge in [0.15, 0.2) is 0 Å². The van der Waals surface area contributed by atoms with E-state index in [2.05, 4.69) is 21.6 Å². The number of nitrogens with one attached hydrogen (secondary N) is 2. The molecule has 0 aromatic heterocycles. The van der Waals surface area contributed by atoms with Gasteiger partial charge in [-0.25, -0.2) is 4.79 Å². The van der Waals surface area contributed by atoms with Crippen LogP contribution in [0.1, 0.15) is 52.3 Å². The summed E-state index contributed by atoms with van der Waals surface area (Å²) < 4.78 is 12.2. The van der Waals surface area contributed by atoms with Crippen LogP contribution in [0.25, 0.3) is 11.1 Å². The first-order chi connectivity index (χ1) is 27.6. The monoisotopic (exact) mass is 800 g/mol. The van der Waals surface area contributed by atoms with Gasteiger partial charge < -0.3 is 25.2 Å². The molecule has 8 rings (SSSR count). The average molecular weight is 802 g/mol. The number of carboxylic acids is 1. The minimum Gasteiger partial charge on any atom is -0.489 e. The highest BCUT2D eigenvalue weighted by atomic mass is 35.5. The quantitative estimate of drug-likeness (QED) is 0.115. The van der Waals surface area contributed by atoms with Gasteiger partial charge >= 0.3 is 5.97 Å². The number of rotatable bonds is 12. The van der Waals surface area contributed by atoms with Crippen LogP contribution in [-0.2, 0) is 40.4 Å². The molecule has 57 heavy (non-hydrogen) atoms. The van der Waals surface area contributed by atoms with Crippen molar-refractivity contribution in [3.63, 3.8) is 0 Å². The Bertz CT molecular complexity index is 2380. The topological polar surface area (TPSA) is 141 Å². The van der Waals surface area contributed by atoms with Gasteiger partial charge in [-0.15, -0.1) is 0 Å². The Kier molecular flexibility index (Phi) is 10.9. The first-order valence-corrected chi connectivity index (χ1v) is 19.5. The molecule has 2 unspecified atom stereocenters. The molecule has 5 aromatic rings. The van der Waals surface area contributed by atoms with Crippen LogP contribution in [-0.4, -0.2) is 46.4 Å². The van der Waals surface area contributed by atoms with Crippen LogP contribution in [0.2, 0.25) is 10.0 Å². The smallest absolute Gasteiger partial charge is 0.326 e. The highest BCUT2D eigenvalue weighted by Gasteiger charge is 2.38. The number of hydrogen-bond donors (Lipinski definition) is 3. The van der Waals surface area contributed by atoms with E-state index < -0.39 is 24.2 Å². The molecule has 3 aliphatic rings. The normalized spacial score (nSPS) is 17.9. The lowest BCUT2D eigenvalue weighted by atomic mass is 9.91. The molecule has 5 aromatic carbocycles. The van der Waals surface area contributed by atoms with Crippen molar-refractivity contribution in [2.75, 3.05) is 11.9 Å². The van der Waals surface area contributed by atoms with Crippen molar-refractivity contribution < 1.29 is 29.0 Å². The number of carbonyl (C=O) groups excluding carboxylic acids is 2. The van der Waals surface area contributed by atoms with Crippen LogP contribution in [0.5, 0.6) is 11.5 Å². The largest absolute Gasteiger partial charge is 0.489 e. The van der Waals surface area contributed by atoms with Crippen molar-refractivity contribution in [1.82, 2.24) is 10.2 Å². The van der Waals surface area contributed by atoms with Crippen molar-refractivity contribution in [3.05, 3.63) is 147 Å². The maximum atomic E-state index is 14.0. The standard InChI is InChI=1S/C45H38Cl2N4O6/c46-36-16-7-29(17-37(36)47)25-56-35-14-12-32(13-15-35)42-44(53)49-38-19-33-20-40(51(23-28-1-2-28)24-34(33)21-41(38)57-42)43(52)50-39(45(54)55)18-26-3-8-30(9-4-26)31-10-5-27(22-48)6-11-31/h3-17,19,21,28,39-40,42H,1-2,18,20,23-25H2,(H,49,53)(H,50,52)(H,54,55)/t39-,40?,42?/m0/s1. The second-order valence-corrected chi connectivity index (χ2v) is 15.6. The third kappa shape index (κ3) is 8.76. The molecule has 2 aliphatic heterocycles. The van der Waals surface area contributed by atoms with E-state index in [1.165, 1.54) is 0 Å². The zero-order chi connectivity index (χ0) is 39.6. The molecule has 2 heterocycles. The van der Waals surface area contributed by atoms with Crippen LogP contribution in [0, 0.1) is 17.2 Å². The Hall–Kier alpha value is -5.86. The zero-order valence-corrected chi connectivity index (χ0v) is 32.2. The number of aliphatic carboxylic acids is 1. The van der Waals surface area contributed by atoms with E-state index in [1.807, 2.05) is 54.6 Å². The molecule has 0 bridgehead atoms. The highest BCUT2D eigenvalue weighted by molar-refractivity contribution is 6.42. The fourth-order valence-electron chi connectivity index (χ4n) is 7.36. The summed E-state index contributed by atoms with van der Waals surface area (Å²) in [6.07, 6.45) is 1.79. The summed E-state index contributed by atoms with van der Waals surface area (Å²) in [6.45, 7) is 1.51. The predicted octanol–water partition coefficient (Wildman–Crippen LogP) is 8.13. The number of fused-ring (bicyclic) bond motifs is 2. The van der Waals surface area contributed by atoms with E-state index >= 15 is 0 Å². The number of nitriles is 1. The number of benzene rings is 5. The minimum absolute atomic E-state index is 0.118. The lowest BCUT2D eigenvalue weighted by molar-refractivity contribution is -0.142. The Balaban J connectivity index is 0.937. The molecule has 10 nitrogen and oxygen atoms in total. The van der Waals surface area contributed by atoms with E-state index in [0.717, 1.165) is 52.8 Å². The number of carboxylic acid groups (broad SMARTS) is 1. The molecule has 0 radical (unpaired) electrons. The number of carbonyl (C=O) groups is 3. The van der Waals surface area contributed by atoms with Crippen LogP contribution < -0.4 is 20.1 Å². The van der Waals surface area contributed by atoms with Crippen LogP contribution in [0.15, 0.2) is 103 Å². The van der Waals surface area contributed by atoms with Crippen molar-refractivity contribution in [2.24, 2.45) is 5.92 Å². The fraction of sp³-hybridized carbons (Fsp3) is 0.244. The van der Waals surface area contributed by atoms with E-state index in [4.69, 9.17) is 37.9 Å². The van der Waals surface area contributed by atoms with E-state index in [0.29, 0.717) is 63.8 Å². The molecule has 1 fully saturated rings. The Morgan fingerprint density at radius 1 is 0.912 bits per heavy atom. The molecule has 0 saturated heterocycles. The second-order valence-electron chi connectivity index (χ2n) is 14.8. The first kappa shape index (κ1) is 38.0. The third-order valence-corrected chi connectivity index (χ3v) is 11.4. The van der Waals surface area contributed by atoms with E-state index in [9.17, 15) is 19.5 Å². The Labute approximate surface area is 339 Å². The maximum absolute atomic E-state index is 14.0. The summed E-state index contributed by atoms with van der Waals surface area (Å²) in [7, 11) is 0. The Morgan fingerprint density at radius 3 is 2.28 bits per heavy atom. The lowest BCUT2D eigenvalue weighted by Gasteiger charge is -2.37. The van der Waals surface area contributed by atoms with Gasteiger partial charge in [0, 0.05) is 25.1 Å². The number of hydrogen-bond acceptors (Lipinski definition) is 7. The number of anilines is 1. The van der Waals surface area contributed by atoms with Crippen molar-refractivity contribution in [2.45, 2.75) is 57.0 Å². The number of nitrogens with zero attached hydrogens (tertiary/aromatic N) is 2. The summed E-state index contributed by atoms with van der Waals surface area (Å²) in [6, 6.07) is 31.5. The molecule has 12 heteroatoms. The van der Waals surface area contributed by atoms with Gasteiger partial charge in [0.25, 0.3) is 5.91 Å². The predicted molar refractivity (Wildman–Crippen MR) is 216 cm³/mol. The third-order valence-electron chi connectivity index (χ3n) is 10.7. The minimum atomic E-state index is -1.13.